The Kier molecular flexibility index (Phi) is 6.03. The van der Waals surface area contributed by atoms with Crippen molar-refractivity contribution in [3.05, 3.63) is 66.9 Å². The van der Waals surface area contributed by atoms with Gasteiger partial charge in [-0.2, -0.15) is 9.61 Å². The van der Waals surface area contributed by atoms with Gasteiger partial charge in [0.25, 0.3) is 0 Å². The van der Waals surface area contributed by atoms with Gasteiger partial charge in [0.1, 0.15) is 13.7 Å². The maximum Gasteiger partial charge on any atom is 0.240 e. The Hall–Kier alpha value is -3.21. The monoisotopic (exact) mass is 435 g/mol. The van der Waals surface area contributed by atoms with Gasteiger partial charge < -0.3 is 10.4 Å². The molecule has 0 saturated carbocycles. The normalized spacial score (nSPS) is 11.6. The van der Waals surface area contributed by atoms with E-state index in [1.165, 1.54) is 12.1 Å². The van der Waals surface area contributed by atoms with Gasteiger partial charge in [0.05, 0.1) is 10.6 Å². The molecular formula is C21H22BN5O3S. The second kappa shape index (κ2) is 8.89. The van der Waals surface area contributed by atoms with Crippen LogP contribution in [-0.2, 0) is 10.0 Å². The van der Waals surface area contributed by atoms with Crippen LogP contribution in [0.2, 0.25) is 0 Å². The smallest absolute Gasteiger partial charge is 0.240 e. The van der Waals surface area contributed by atoms with Crippen LogP contribution >= 0.6 is 0 Å². The number of aliphatic hydroxyl groups is 1. The van der Waals surface area contributed by atoms with E-state index in [4.69, 9.17) is 10.1 Å². The predicted octanol–water partition coefficient (Wildman–Crippen LogP) is 1.06. The maximum atomic E-state index is 12.3. The fraction of sp³-hybridized carbons (Fsp3) is 0.143. The molecule has 158 valence electrons. The molecule has 0 radical (unpaired) electrons. The van der Waals surface area contributed by atoms with Gasteiger partial charge in [0.15, 0.2) is 5.65 Å². The van der Waals surface area contributed by atoms with Crippen LogP contribution in [0.3, 0.4) is 0 Å². The van der Waals surface area contributed by atoms with E-state index in [9.17, 15) is 8.42 Å². The number of aromatic nitrogens is 3. The average Bonchev–Trinajstić information content (AvgIpc) is 3.16. The van der Waals surface area contributed by atoms with Crippen LogP contribution in [0.1, 0.15) is 6.42 Å². The van der Waals surface area contributed by atoms with Crippen LogP contribution in [0.4, 0.5) is 11.5 Å². The molecule has 2 aromatic heterocycles. The molecule has 4 rings (SSSR count). The molecular weight excluding hydrogens is 413 g/mol. The van der Waals surface area contributed by atoms with Gasteiger partial charge >= 0.3 is 0 Å². The first-order valence-corrected chi connectivity index (χ1v) is 11.3. The minimum atomic E-state index is -3.61. The van der Waals surface area contributed by atoms with E-state index in [2.05, 4.69) is 15.1 Å². The van der Waals surface area contributed by atoms with E-state index in [0.29, 0.717) is 17.9 Å². The average molecular weight is 435 g/mol. The summed E-state index contributed by atoms with van der Waals surface area (Å²) in [7, 11) is -1.66. The zero-order valence-electron chi connectivity index (χ0n) is 17.0. The fourth-order valence-electron chi connectivity index (χ4n) is 3.15. The minimum absolute atomic E-state index is 0.0658. The Bertz CT molecular complexity index is 1290. The highest BCUT2D eigenvalue weighted by Crippen LogP contribution is 2.24. The molecule has 0 saturated heterocycles. The molecule has 2 heterocycles. The van der Waals surface area contributed by atoms with E-state index in [-0.39, 0.29) is 18.0 Å². The summed E-state index contributed by atoms with van der Waals surface area (Å²) in [6, 6.07) is 18.3. The molecule has 0 fully saturated rings. The Morgan fingerprint density at radius 1 is 1.06 bits per heavy atom. The molecule has 0 aliphatic carbocycles. The first-order valence-electron chi connectivity index (χ1n) is 9.86. The number of anilines is 2. The van der Waals surface area contributed by atoms with Gasteiger partial charge in [-0.15, -0.1) is 0 Å². The van der Waals surface area contributed by atoms with Crippen LogP contribution in [0.15, 0.2) is 71.8 Å². The minimum Gasteiger partial charge on any atom is -0.396 e. The van der Waals surface area contributed by atoms with E-state index < -0.39 is 10.0 Å². The van der Waals surface area contributed by atoms with Crippen molar-refractivity contribution >= 4 is 40.5 Å². The summed E-state index contributed by atoms with van der Waals surface area (Å²) in [5.41, 5.74) is 4.22. The van der Waals surface area contributed by atoms with Crippen molar-refractivity contribution in [1.82, 2.24) is 19.3 Å². The second-order valence-corrected chi connectivity index (χ2v) is 8.85. The third kappa shape index (κ3) is 4.61. The summed E-state index contributed by atoms with van der Waals surface area (Å²) >= 11 is 0. The molecule has 10 heteroatoms. The molecule has 3 N–H and O–H groups in total. The number of benzene rings is 2. The zero-order valence-corrected chi connectivity index (χ0v) is 17.8. The summed E-state index contributed by atoms with van der Waals surface area (Å²) in [5, 5.41) is 16.6. The van der Waals surface area contributed by atoms with E-state index in [1.54, 1.807) is 22.8 Å². The van der Waals surface area contributed by atoms with Crippen molar-refractivity contribution in [3.63, 3.8) is 0 Å². The molecule has 2 aromatic carbocycles. The lowest BCUT2D eigenvalue weighted by Gasteiger charge is -2.12. The Morgan fingerprint density at radius 2 is 1.81 bits per heavy atom. The molecule has 0 aliphatic heterocycles. The molecule has 0 bridgehead atoms. The molecule has 0 spiro atoms. The number of rotatable bonds is 8. The predicted molar refractivity (Wildman–Crippen MR) is 123 cm³/mol. The maximum absolute atomic E-state index is 12.3. The van der Waals surface area contributed by atoms with Gasteiger partial charge in [-0.25, -0.2) is 18.1 Å². The van der Waals surface area contributed by atoms with Crippen LogP contribution in [0, 0.1) is 0 Å². The molecule has 0 unspecified atom stereocenters. The summed E-state index contributed by atoms with van der Waals surface area (Å²) in [5.74, 6) is 0.716. The lowest BCUT2D eigenvalue weighted by Crippen LogP contribution is -2.25. The zero-order chi connectivity index (χ0) is 21.8. The van der Waals surface area contributed by atoms with Gasteiger partial charge in [0.2, 0.25) is 10.0 Å². The number of nitrogens with zero attached hydrogens (tertiary/aromatic N) is 3. The van der Waals surface area contributed by atoms with E-state index in [1.807, 2.05) is 44.2 Å². The summed E-state index contributed by atoms with van der Waals surface area (Å²) in [4.78, 5) is 4.91. The number of sulfonamides is 1. The number of nitrogens with one attached hydrogen (secondary N) is 2. The topological polar surface area (TPSA) is 109 Å². The number of fused-ring (bicyclic) bond motifs is 1. The van der Waals surface area contributed by atoms with Crippen LogP contribution < -0.4 is 15.5 Å². The first-order chi connectivity index (χ1) is 15.0. The van der Waals surface area contributed by atoms with Crippen LogP contribution in [-0.4, -0.2) is 49.1 Å². The van der Waals surface area contributed by atoms with Crippen molar-refractivity contribution in [3.8, 4) is 11.3 Å². The molecule has 0 amide bonds. The first kappa shape index (κ1) is 21.0. The Morgan fingerprint density at radius 3 is 2.52 bits per heavy atom. The largest absolute Gasteiger partial charge is 0.396 e. The molecule has 0 aliphatic rings. The van der Waals surface area contributed by atoms with Crippen molar-refractivity contribution < 1.29 is 13.5 Å². The third-order valence-corrected chi connectivity index (χ3v) is 6.26. The van der Waals surface area contributed by atoms with E-state index in [0.717, 1.165) is 22.4 Å². The van der Waals surface area contributed by atoms with Gasteiger partial charge in [-0.3, -0.25) is 0 Å². The lowest BCUT2D eigenvalue weighted by molar-refractivity contribution is 0.289. The van der Waals surface area contributed by atoms with Crippen molar-refractivity contribution in [2.45, 2.75) is 11.3 Å². The van der Waals surface area contributed by atoms with Crippen molar-refractivity contribution in [2.24, 2.45) is 0 Å². The Labute approximate surface area is 181 Å². The van der Waals surface area contributed by atoms with E-state index >= 15 is 0 Å². The number of hydrogen-bond acceptors (Lipinski definition) is 6. The van der Waals surface area contributed by atoms with Crippen molar-refractivity contribution in [1.29, 1.82) is 0 Å². The Balaban J connectivity index is 1.64. The molecule has 8 nitrogen and oxygen atoms in total. The van der Waals surface area contributed by atoms with Crippen molar-refractivity contribution in [2.75, 3.05) is 18.5 Å². The third-order valence-electron chi connectivity index (χ3n) is 4.78. The number of aliphatic hydroxyl groups excluding tert-OH is 1. The second-order valence-electron chi connectivity index (χ2n) is 7.08. The van der Waals surface area contributed by atoms with Gasteiger partial charge in [0, 0.05) is 36.7 Å². The lowest BCUT2D eigenvalue weighted by atomic mass is 10.0. The van der Waals surface area contributed by atoms with Gasteiger partial charge in [-0.05, 0) is 36.1 Å². The quantitative estimate of drug-likeness (QED) is 0.282. The standard InChI is InChI=1S/C21H22BN5O3S/c22-18-14-23-27-20(13-19(26-21(18)27)15-5-2-1-3-6-15)25-16-7-9-17(10-8-16)31(29,30)24-11-4-12-28/h1-3,5-10,13-14,24-25,28H,4,11-12,22H2. The molecule has 31 heavy (non-hydrogen) atoms. The summed E-state index contributed by atoms with van der Waals surface area (Å²) in [6.07, 6.45) is 2.12. The molecule has 0 atom stereocenters. The summed E-state index contributed by atoms with van der Waals surface area (Å²) in [6.45, 7) is 0.123. The highest BCUT2D eigenvalue weighted by Gasteiger charge is 2.14. The highest BCUT2D eigenvalue weighted by atomic mass is 32.2. The van der Waals surface area contributed by atoms with Gasteiger partial charge in [-0.1, -0.05) is 30.3 Å². The highest BCUT2D eigenvalue weighted by molar-refractivity contribution is 7.89. The van der Waals surface area contributed by atoms with Crippen LogP contribution in [0.5, 0.6) is 0 Å². The SMILES string of the molecule is Bc1cnn2c(Nc3ccc(S(=O)(=O)NCCCO)cc3)cc(-c3ccccc3)nc12. The fourth-order valence-corrected chi connectivity index (χ4v) is 4.23. The molecule has 4 aromatic rings. The van der Waals surface area contributed by atoms with Crippen LogP contribution in [0.25, 0.3) is 16.9 Å². The summed E-state index contributed by atoms with van der Waals surface area (Å²) < 4.78 is 28.8. The number of hydrogen-bond donors (Lipinski definition) is 3.